The molecule has 0 atom stereocenters. The van der Waals surface area contributed by atoms with E-state index < -0.39 is 9.84 Å². The maximum atomic E-state index is 11.6. The third-order valence-electron chi connectivity index (χ3n) is 2.57. The molecule has 0 unspecified atom stereocenters. The first kappa shape index (κ1) is 15.4. The molecule has 104 valence electrons. The third kappa shape index (κ3) is 6.20. The predicted octanol–water partition coefficient (Wildman–Crippen LogP) is 2.07. The predicted molar refractivity (Wildman–Crippen MR) is 78.5 cm³/mol. The number of hydrogen-bond acceptors (Lipinski definition) is 4. The first-order valence-electron chi connectivity index (χ1n) is 6.20. The molecule has 1 aromatic rings. The number of rotatable bonds is 7. The molecule has 19 heavy (non-hydrogen) atoms. The molecule has 4 nitrogen and oxygen atoms in total. The van der Waals surface area contributed by atoms with Crippen LogP contribution in [0.1, 0.15) is 25.3 Å². The Morgan fingerprint density at radius 1 is 1.21 bits per heavy atom. The zero-order valence-electron chi connectivity index (χ0n) is 11.0. The van der Waals surface area contributed by atoms with Crippen LogP contribution >= 0.6 is 0 Å². The van der Waals surface area contributed by atoms with E-state index in [1.165, 1.54) is 6.08 Å². The fourth-order valence-corrected chi connectivity index (χ4v) is 2.89. The lowest BCUT2D eigenvalue weighted by Crippen LogP contribution is -2.13. The van der Waals surface area contributed by atoms with Crippen molar-refractivity contribution in [3.63, 3.8) is 0 Å². The minimum atomic E-state index is -3.09. The molecule has 0 aliphatic heterocycles. The van der Waals surface area contributed by atoms with Crippen LogP contribution in [0.15, 0.2) is 30.3 Å². The average Bonchev–Trinajstić information content (AvgIpc) is 2.36. The first-order chi connectivity index (χ1) is 8.93. The Hall–Kier alpha value is -1.62. The van der Waals surface area contributed by atoms with Crippen LogP contribution in [0, 0.1) is 0 Å². The summed E-state index contributed by atoms with van der Waals surface area (Å²) in [5.41, 5.74) is 7.07. The monoisotopic (exact) mass is 281 g/mol. The first-order valence-corrected chi connectivity index (χ1v) is 8.02. The highest BCUT2D eigenvalue weighted by atomic mass is 32.2. The summed E-state index contributed by atoms with van der Waals surface area (Å²) >= 11 is 0. The Morgan fingerprint density at radius 2 is 1.84 bits per heavy atom. The lowest BCUT2D eigenvalue weighted by molar-refractivity contribution is -0.114. The van der Waals surface area contributed by atoms with Crippen LogP contribution in [-0.2, 0) is 14.6 Å². The zero-order chi connectivity index (χ0) is 14.3. The fourth-order valence-electron chi connectivity index (χ4n) is 1.55. The SMILES string of the molecule is CCCS(=O)(=O)CCC(=O)/C=C/c1ccc(N)cc1. The average molecular weight is 281 g/mol. The van der Waals surface area contributed by atoms with Gasteiger partial charge in [-0.05, 0) is 30.2 Å². The summed E-state index contributed by atoms with van der Waals surface area (Å²) in [4.78, 5) is 11.6. The number of anilines is 1. The summed E-state index contributed by atoms with van der Waals surface area (Å²) < 4.78 is 22.9. The molecule has 0 saturated carbocycles. The van der Waals surface area contributed by atoms with E-state index in [1.807, 2.05) is 0 Å². The van der Waals surface area contributed by atoms with Crippen molar-refractivity contribution in [2.75, 3.05) is 17.2 Å². The largest absolute Gasteiger partial charge is 0.399 e. The highest BCUT2D eigenvalue weighted by molar-refractivity contribution is 7.91. The number of hydrogen-bond donors (Lipinski definition) is 1. The molecule has 1 aromatic carbocycles. The van der Waals surface area contributed by atoms with Crippen LogP contribution in [0.25, 0.3) is 6.08 Å². The Morgan fingerprint density at radius 3 is 2.42 bits per heavy atom. The number of benzene rings is 1. The van der Waals surface area contributed by atoms with E-state index >= 15 is 0 Å². The van der Waals surface area contributed by atoms with Crippen LogP contribution in [0.2, 0.25) is 0 Å². The van der Waals surface area contributed by atoms with Crippen molar-refractivity contribution in [2.24, 2.45) is 0 Å². The normalized spacial score (nSPS) is 11.8. The summed E-state index contributed by atoms with van der Waals surface area (Å²) in [6.07, 6.45) is 3.69. The number of carbonyl (C=O) groups excluding carboxylic acids is 1. The maximum Gasteiger partial charge on any atom is 0.156 e. The van der Waals surface area contributed by atoms with E-state index in [4.69, 9.17) is 5.73 Å². The van der Waals surface area contributed by atoms with Gasteiger partial charge in [-0.1, -0.05) is 25.1 Å². The second kappa shape index (κ2) is 7.09. The van der Waals surface area contributed by atoms with Crippen LogP contribution in [0.5, 0.6) is 0 Å². The van der Waals surface area contributed by atoms with Gasteiger partial charge in [-0.25, -0.2) is 8.42 Å². The molecule has 0 bridgehead atoms. The number of carbonyl (C=O) groups is 1. The molecule has 0 aliphatic rings. The van der Waals surface area contributed by atoms with Crippen molar-refractivity contribution >= 4 is 27.4 Å². The molecule has 0 spiro atoms. The van der Waals surface area contributed by atoms with Crippen molar-refractivity contribution in [2.45, 2.75) is 19.8 Å². The molecule has 2 N–H and O–H groups in total. The number of sulfone groups is 1. The lowest BCUT2D eigenvalue weighted by atomic mass is 10.1. The maximum absolute atomic E-state index is 11.6. The van der Waals surface area contributed by atoms with Crippen molar-refractivity contribution in [1.82, 2.24) is 0 Å². The molecule has 0 saturated heterocycles. The molecule has 0 aromatic heterocycles. The molecular formula is C14H19NO3S. The second-order valence-electron chi connectivity index (χ2n) is 4.37. The molecule has 0 heterocycles. The summed E-state index contributed by atoms with van der Waals surface area (Å²) in [5.74, 6) is -0.121. The zero-order valence-corrected chi connectivity index (χ0v) is 11.8. The van der Waals surface area contributed by atoms with Gasteiger partial charge >= 0.3 is 0 Å². The second-order valence-corrected chi connectivity index (χ2v) is 6.67. The summed E-state index contributed by atoms with van der Waals surface area (Å²) in [6, 6.07) is 7.09. The molecule has 0 aliphatic carbocycles. The van der Waals surface area contributed by atoms with Gasteiger partial charge in [-0.15, -0.1) is 0 Å². The van der Waals surface area contributed by atoms with Crippen molar-refractivity contribution in [3.8, 4) is 0 Å². The smallest absolute Gasteiger partial charge is 0.156 e. The van der Waals surface area contributed by atoms with E-state index in [0.717, 1.165) is 5.56 Å². The Kier molecular flexibility index (Phi) is 5.76. The van der Waals surface area contributed by atoms with Gasteiger partial charge in [-0.2, -0.15) is 0 Å². The van der Waals surface area contributed by atoms with Gasteiger partial charge in [0.1, 0.15) is 0 Å². The van der Waals surface area contributed by atoms with E-state index in [-0.39, 0.29) is 23.7 Å². The topological polar surface area (TPSA) is 77.2 Å². The number of nitrogens with two attached hydrogens (primary N) is 1. The van der Waals surface area contributed by atoms with Crippen LogP contribution in [0.3, 0.4) is 0 Å². The van der Waals surface area contributed by atoms with Crippen LogP contribution in [-0.4, -0.2) is 25.7 Å². The summed E-state index contributed by atoms with van der Waals surface area (Å²) in [7, 11) is -3.09. The number of allylic oxidation sites excluding steroid dienone is 1. The van der Waals surface area contributed by atoms with E-state index in [2.05, 4.69) is 0 Å². The summed E-state index contributed by atoms with van der Waals surface area (Å²) in [6.45, 7) is 1.81. The van der Waals surface area contributed by atoms with E-state index in [0.29, 0.717) is 12.1 Å². The van der Waals surface area contributed by atoms with Gasteiger partial charge in [0.15, 0.2) is 15.6 Å². The fraction of sp³-hybridized carbons (Fsp3) is 0.357. The molecule has 0 radical (unpaired) electrons. The quantitative estimate of drug-likeness (QED) is 0.613. The Balaban J connectivity index is 2.49. The molecular weight excluding hydrogens is 262 g/mol. The van der Waals surface area contributed by atoms with E-state index in [9.17, 15) is 13.2 Å². The van der Waals surface area contributed by atoms with Gasteiger partial charge in [0.25, 0.3) is 0 Å². The number of nitrogen functional groups attached to an aromatic ring is 1. The standard InChI is InChI=1S/C14H19NO3S/c1-2-10-19(17,18)11-9-14(16)8-5-12-3-6-13(15)7-4-12/h3-8H,2,9-11,15H2,1H3/b8-5+. The molecule has 0 amide bonds. The Labute approximate surface area is 114 Å². The van der Waals surface area contributed by atoms with E-state index in [1.54, 1.807) is 37.3 Å². The summed E-state index contributed by atoms with van der Waals surface area (Å²) in [5, 5.41) is 0. The highest BCUT2D eigenvalue weighted by Crippen LogP contribution is 2.07. The molecule has 1 rings (SSSR count). The lowest BCUT2D eigenvalue weighted by Gasteiger charge is -2.00. The van der Waals surface area contributed by atoms with Gasteiger partial charge in [-0.3, -0.25) is 4.79 Å². The minimum absolute atomic E-state index is 0.0355. The van der Waals surface area contributed by atoms with Crippen molar-refractivity contribution < 1.29 is 13.2 Å². The molecule has 0 fully saturated rings. The van der Waals surface area contributed by atoms with Crippen molar-refractivity contribution in [1.29, 1.82) is 0 Å². The minimum Gasteiger partial charge on any atom is -0.399 e. The molecule has 5 heteroatoms. The van der Waals surface area contributed by atoms with Gasteiger partial charge in [0, 0.05) is 17.9 Å². The van der Waals surface area contributed by atoms with Crippen LogP contribution < -0.4 is 5.73 Å². The number of ketones is 1. The highest BCUT2D eigenvalue weighted by Gasteiger charge is 2.10. The van der Waals surface area contributed by atoms with Gasteiger partial charge < -0.3 is 5.73 Å². The van der Waals surface area contributed by atoms with Crippen molar-refractivity contribution in [3.05, 3.63) is 35.9 Å². The van der Waals surface area contributed by atoms with Gasteiger partial charge in [0.05, 0.1) is 5.75 Å². The third-order valence-corrected chi connectivity index (χ3v) is 4.43. The Bertz CT molecular complexity index is 545. The van der Waals surface area contributed by atoms with Crippen LogP contribution in [0.4, 0.5) is 5.69 Å². The van der Waals surface area contributed by atoms with Gasteiger partial charge in [0.2, 0.25) is 0 Å².